The SMILES string of the molecule is CCOc1ccc(C[C@H](OC(C)C)C(=O)O)cc1CO. The van der Waals surface area contributed by atoms with Crippen LogP contribution in [0.5, 0.6) is 5.75 Å². The highest BCUT2D eigenvalue weighted by Crippen LogP contribution is 2.21. The quantitative estimate of drug-likeness (QED) is 0.762. The number of carbonyl (C=O) groups is 1. The van der Waals surface area contributed by atoms with Crippen molar-refractivity contribution in [2.75, 3.05) is 6.61 Å². The molecule has 0 aliphatic heterocycles. The first-order valence-corrected chi connectivity index (χ1v) is 6.71. The average molecular weight is 282 g/mol. The molecule has 0 fully saturated rings. The second kappa shape index (κ2) is 7.87. The van der Waals surface area contributed by atoms with Crippen LogP contribution in [0.3, 0.4) is 0 Å². The summed E-state index contributed by atoms with van der Waals surface area (Å²) in [7, 11) is 0. The van der Waals surface area contributed by atoms with E-state index in [0.717, 1.165) is 5.56 Å². The lowest BCUT2D eigenvalue weighted by atomic mass is 10.0. The van der Waals surface area contributed by atoms with E-state index in [2.05, 4.69) is 0 Å². The summed E-state index contributed by atoms with van der Waals surface area (Å²) < 4.78 is 10.8. The molecular formula is C15H22O5. The van der Waals surface area contributed by atoms with Crippen molar-refractivity contribution in [1.82, 2.24) is 0 Å². The fraction of sp³-hybridized carbons (Fsp3) is 0.533. The summed E-state index contributed by atoms with van der Waals surface area (Å²) in [6, 6.07) is 5.30. The maximum absolute atomic E-state index is 11.2. The molecule has 2 N–H and O–H groups in total. The number of aliphatic hydroxyl groups excluding tert-OH is 1. The van der Waals surface area contributed by atoms with Crippen LogP contribution in [-0.4, -0.2) is 35.0 Å². The molecule has 0 unspecified atom stereocenters. The molecule has 0 radical (unpaired) electrons. The molecule has 1 aromatic rings. The lowest BCUT2D eigenvalue weighted by molar-refractivity contribution is -0.153. The highest BCUT2D eigenvalue weighted by atomic mass is 16.5. The summed E-state index contributed by atoms with van der Waals surface area (Å²) in [6.07, 6.45) is -0.789. The number of carboxylic acid groups (broad SMARTS) is 1. The van der Waals surface area contributed by atoms with Crippen molar-refractivity contribution in [3.8, 4) is 5.75 Å². The van der Waals surface area contributed by atoms with Crippen molar-refractivity contribution >= 4 is 5.97 Å². The van der Waals surface area contributed by atoms with E-state index < -0.39 is 12.1 Å². The Balaban J connectivity index is 2.87. The zero-order valence-electron chi connectivity index (χ0n) is 12.1. The molecule has 0 spiro atoms. The van der Waals surface area contributed by atoms with E-state index in [0.29, 0.717) is 17.9 Å². The fourth-order valence-electron chi connectivity index (χ4n) is 1.92. The molecule has 0 amide bonds. The minimum atomic E-state index is -0.988. The van der Waals surface area contributed by atoms with Gasteiger partial charge in [0.2, 0.25) is 0 Å². The summed E-state index contributed by atoms with van der Waals surface area (Å²) in [5, 5.41) is 18.5. The lowest BCUT2D eigenvalue weighted by Gasteiger charge is -2.17. The first-order chi connectivity index (χ1) is 9.47. The van der Waals surface area contributed by atoms with Gasteiger partial charge in [-0.3, -0.25) is 0 Å². The third-order valence-electron chi connectivity index (χ3n) is 2.73. The van der Waals surface area contributed by atoms with Crippen LogP contribution in [0.4, 0.5) is 0 Å². The van der Waals surface area contributed by atoms with Gasteiger partial charge in [-0.15, -0.1) is 0 Å². The average Bonchev–Trinajstić information content (AvgIpc) is 2.39. The lowest BCUT2D eigenvalue weighted by Crippen LogP contribution is -2.29. The molecule has 0 bridgehead atoms. The zero-order valence-corrected chi connectivity index (χ0v) is 12.1. The molecule has 5 heteroatoms. The van der Waals surface area contributed by atoms with Crippen molar-refractivity contribution in [2.45, 2.75) is 46.0 Å². The van der Waals surface area contributed by atoms with Gasteiger partial charge in [-0.2, -0.15) is 0 Å². The Kier molecular flexibility index (Phi) is 6.48. The molecule has 0 aliphatic carbocycles. The molecule has 5 nitrogen and oxygen atoms in total. The Bertz CT molecular complexity index is 442. The summed E-state index contributed by atoms with van der Waals surface area (Å²) >= 11 is 0. The molecule has 112 valence electrons. The van der Waals surface area contributed by atoms with Gasteiger partial charge in [0.1, 0.15) is 5.75 Å². The van der Waals surface area contributed by atoms with Crippen molar-refractivity contribution < 1.29 is 24.5 Å². The standard InChI is InChI=1S/C15H22O5/c1-4-19-13-6-5-11(7-12(13)9-16)8-14(15(17)18)20-10(2)3/h5-7,10,14,16H,4,8-9H2,1-3H3,(H,17,18)/t14-/m0/s1. The molecule has 0 saturated heterocycles. The topological polar surface area (TPSA) is 76.0 Å². The van der Waals surface area contributed by atoms with Crippen LogP contribution in [0.15, 0.2) is 18.2 Å². The first kappa shape index (κ1) is 16.5. The number of hydrogen-bond donors (Lipinski definition) is 2. The van der Waals surface area contributed by atoms with Crippen molar-refractivity contribution in [2.24, 2.45) is 0 Å². The summed E-state index contributed by atoms with van der Waals surface area (Å²) in [5.41, 5.74) is 1.45. The number of hydrogen-bond acceptors (Lipinski definition) is 4. The van der Waals surface area contributed by atoms with Crippen molar-refractivity contribution in [1.29, 1.82) is 0 Å². The minimum Gasteiger partial charge on any atom is -0.494 e. The maximum Gasteiger partial charge on any atom is 0.333 e. The predicted octanol–water partition coefficient (Wildman–Crippen LogP) is 2.00. The second-order valence-corrected chi connectivity index (χ2v) is 4.75. The second-order valence-electron chi connectivity index (χ2n) is 4.75. The first-order valence-electron chi connectivity index (χ1n) is 6.71. The Hall–Kier alpha value is -1.59. The Morgan fingerprint density at radius 1 is 1.35 bits per heavy atom. The number of aliphatic hydroxyl groups is 1. The smallest absolute Gasteiger partial charge is 0.333 e. The van der Waals surface area contributed by atoms with E-state index in [-0.39, 0.29) is 19.1 Å². The number of ether oxygens (including phenoxy) is 2. The van der Waals surface area contributed by atoms with Gasteiger partial charge >= 0.3 is 5.97 Å². The summed E-state index contributed by atoms with van der Waals surface area (Å²) in [6.45, 7) is 5.83. The largest absolute Gasteiger partial charge is 0.494 e. The molecule has 20 heavy (non-hydrogen) atoms. The molecule has 0 saturated carbocycles. The molecule has 1 aromatic carbocycles. The van der Waals surface area contributed by atoms with E-state index in [4.69, 9.17) is 14.6 Å². The number of rotatable bonds is 8. The van der Waals surface area contributed by atoms with E-state index >= 15 is 0 Å². The third kappa shape index (κ3) is 4.83. The van der Waals surface area contributed by atoms with Gasteiger partial charge in [0.25, 0.3) is 0 Å². The molecule has 0 aromatic heterocycles. The maximum atomic E-state index is 11.2. The van der Waals surface area contributed by atoms with Gasteiger partial charge in [-0.05, 0) is 38.5 Å². The van der Waals surface area contributed by atoms with Crippen LogP contribution in [0, 0.1) is 0 Å². The van der Waals surface area contributed by atoms with E-state index in [1.807, 2.05) is 6.92 Å². The molecule has 1 rings (SSSR count). The Morgan fingerprint density at radius 2 is 2.05 bits per heavy atom. The van der Waals surface area contributed by atoms with E-state index in [9.17, 15) is 9.90 Å². The third-order valence-corrected chi connectivity index (χ3v) is 2.73. The molecular weight excluding hydrogens is 260 g/mol. The van der Waals surface area contributed by atoms with Gasteiger partial charge in [0.15, 0.2) is 6.10 Å². The molecule has 1 atom stereocenters. The van der Waals surface area contributed by atoms with Gasteiger partial charge < -0.3 is 19.7 Å². The Morgan fingerprint density at radius 3 is 2.55 bits per heavy atom. The van der Waals surface area contributed by atoms with Crippen LogP contribution in [0.1, 0.15) is 31.9 Å². The number of carboxylic acids is 1. The molecule has 0 heterocycles. The van der Waals surface area contributed by atoms with E-state index in [1.54, 1.807) is 32.0 Å². The molecule has 0 aliphatic rings. The van der Waals surface area contributed by atoms with Crippen molar-refractivity contribution in [3.05, 3.63) is 29.3 Å². The zero-order chi connectivity index (χ0) is 15.1. The fourth-order valence-corrected chi connectivity index (χ4v) is 1.92. The van der Waals surface area contributed by atoms with Gasteiger partial charge in [-0.1, -0.05) is 6.07 Å². The van der Waals surface area contributed by atoms with Crippen LogP contribution < -0.4 is 4.74 Å². The minimum absolute atomic E-state index is 0.147. The highest BCUT2D eigenvalue weighted by molar-refractivity contribution is 5.72. The Labute approximate surface area is 119 Å². The van der Waals surface area contributed by atoms with Crippen molar-refractivity contribution in [3.63, 3.8) is 0 Å². The van der Waals surface area contributed by atoms with Gasteiger partial charge in [0.05, 0.1) is 19.3 Å². The monoisotopic (exact) mass is 282 g/mol. The van der Waals surface area contributed by atoms with Crippen LogP contribution in [0.2, 0.25) is 0 Å². The highest BCUT2D eigenvalue weighted by Gasteiger charge is 2.20. The van der Waals surface area contributed by atoms with Crippen LogP contribution in [0.25, 0.3) is 0 Å². The summed E-state index contributed by atoms with van der Waals surface area (Å²) in [4.78, 5) is 11.2. The normalized spacial score (nSPS) is 12.4. The van der Waals surface area contributed by atoms with Gasteiger partial charge in [0, 0.05) is 12.0 Å². The number of benzene rings is 1. The van der Waals surface area contributed by atoms with E-state index in [1.165, 1.54) is 0 Å². The van der Waals surface area contributed by atoms with Crippen LogP contribution in [-0.2, 0) is 22.6 Å². The number of aliphatic carboxylic acids is 1. The van der Waals surface area contributed by atoms with Crippen LogP contribution >= 0.6 is 0 Å². The van der Waals surface area contributed by atoms with Gasteiger partial charge in [-0.25, -0.2) is 4.79 Å². The summed E-state index contributed by atoms with van der Waals surface area (Å²) in [5.74, 6) is -0.367. The predicted molar refractivity (Wildman–Crippen MR) is 74.9 cm³/mol.